The molecule has 1 fully saturated rings. The number of hydrogen-bond acceptors (Lipinski definition) is 9. The molecule has 0 spiro atoms. The van der Waals surface area contributed by atoms with Crippen LogP contribution in [0.25, 0.3) is 10.2 Å². The van der Waals surface area contributed by atoms with E-state index in [4.69, 9.17) is 13.9 Å². The number of fused-ring (bicyclic) bond motifs is 1. The number of amides is 1. The summed E-state index contributed by atoms with van der Waals surface area (Å²) in [6, 6.07) is 8.08. The number of furan rings is 1. The van der Waals surface area contributed by atoms with E-state index in [0.29, 0.717) is 38.0 Å². The van der Waals surface area contributed by atoms with Gasteiger partial charge in [0.25, 0.3) is 5.91 Å². The number of nitrogens with zero attached hydrogens (tertiary/aromatic N) is 4. The predicted octanol–water partition coefficient (Wildman–Crippen LogP) is 3.18. The SMILES string of the molecule is CCOc1ccc2nc(N(CCN3CCOCC3)C(=O)c3ccc([N+](=O)[O-])o3)sc2c1. The molecule has 3 aromatic rings. The maximum absolute atomic E-state index is 13.2. The number of aromatic nitrogens is 1. The summed E-state index contributed by atoms with van der Waals surface area (Å²) in [4.78, 5) is 31.8. The van der Waals surface area contributed by atoms with Gasteiger partial charge in [0, 0.05) is 26.2 Å². The largest absolute Gasteiger partial charge is 0.494 e. The van der Waals surface area contributed by atoms with Crippen LogP contribution in [0.15, 0.2) is 34.7 Å². The molecular weight excluding hydrogens is 424 g/mol. The molecule has 1 aromatic carbocycles. The summed E-state index contributed by atoms with van der Waals surface area (Å²) in [6.45, 7) is 6.33. The fourth-order valence-corrected chi connectivity index (χ4v) is 4.31. The summed E-state index contributed by atoms with van der Waals surface area (Å²) >= 11 is 1.36. The Kier molecular flexibility index (Phi) is 6.44. The fraction of sp³-hybridized carbons (Fsp3) is 0.400. The third-order valence-electron chi connectivity index (χ3n) is 4.86. The summed E-state index contributed by atoms with van der Waals surface area (Å²) in [6.07, 6.45) is 0. The monoisotopic (exact) mass is 446 g/mol. The lowest BCUT2D eigenvalue weighted by Gasteiger charge is -2.28. The first-order valence-corrected chi connectivity index (χ1v) is 10.8. The van der Waals surface area contributed by atoms with Gasteiger partial charge in [0.2, 0.25) is 0 Å². The van der Waals surface area contributed by atoms with Crippen molar-refractivity contribution in [1.29, 1.82) is 0 Å². The molecule has 0 unspecified atom stereocenters. The van der Waals surface area contributed by atoms with Crippen LogP contribution in [0, 0.1) is 10.1 Å². The van der Waals surface area contributed by atoms with Crippen LogP contribution in [-0.4, -0.2) is 66.7 Å². The first kappa shape index (κ1) is 21.2. The lowest BCUT2D eigenvalue weighted by atomic mass is 10.3. The average molecular weight is 446 g/mol. The third-order valence-corrected chi connectivity index (χ3v) is 5.90. The van der Waals surface area contributed by atoms with Crippen molar-refractivity contribution in [2.75, 3.05) is 50.9 Å². The van der Waals surface area contributed by atoms with Gasteiger partial charge < -0.3 is 13.9 Å². The Balaban J connectivity index is 1.62. The molecule has 31 heavy (non-hydrogen) atoms. The normalized spacial score (nSPS) is 14.6. The van der Waals surface area contributed by atoms with E-state index in [1.54, 1.807) is 0 Å². The summed E-state index contributed by atoms with van der Waals surface area (Å²) in [5, 5.41) is 11.5. The van der Waals surface area contributed by atoms with Crippen LogP contribution >= 0.6 is 11.3 Å². The van der Waals surface area contributed by atoms with E-state index in [1.165, 1.54) is 28.4 Å². The van der Waals surface area contributed by atoms with E-state index in [9.17, 15) is 14.9 Å². The Morgan fingerprint density at radius 3 is 2.84 bits per heavy atom. The van der Waals surface area contributed by atoms with Crippen molar-refractivity contribution in [2.45, 2.75) is 6.92 Å². The minimum absolute atomic E-state index is 0.0945. The smallest absolute Gasteiger partial charge is 0.433 e. The zero-order chi connectivity index (χ0) is 21.8. The summed E-state index contributed by atoms with van der Waals surface area (Å²) in [7, 11) is 0. The number of morpholine rings is 1. The van der Waals surface area contributed by atoms with Gasteiger partial charge in [-0.15, -0.1) is 0 Å². The van der Waals surface area contributed by atoms with E-state index < -0.39 is 16.7 Å². The minimum Gasteiger partial charge on any atom is -0.494 e. The molecule has 0 radical (unpaired) electrons. The van der Waals surface area contributed by atoms with Crippen LogP contribution in [-0.2, 0) is 4.74 Å². The summed E-state index contributed by atoms with van der Waals surface area (Å²) in [5.41, 5.74) is 0.748. The Hall–Kier alpha value is -3.02. The van der Waals surface area contributed by atoms with Crippen LogP contribution in [0.5, 0.6) is 5.75 Å². The van der Waals surface area contributed by atoms with Gasteiger partial charge in [-0.25, -0.2) is 4.98 Å². The summed E-state index contributed by atoms with van der Waals surface area (Å²) < 4.78 is 17.0. The number of anilines is 1. The number of ether oxygens (including phenoxy) is 2. The molecule has 0 saturated carbocycles. The molecule has 164 valence electrons. The zero-order valence-corrected chi connectivity index (χ0v) is 17.8. The molecule has 0 bridgehead atoms. The van der Waals surface area contributed by atoms with E-state index in [1.807, 2.05) is 25.1 Å². The number of nitro groups is 1. The molecule has 1 aliphatic rings. The highest BCUT2D eigenvalue weighted by molar-refractivity contribution is 7.22. The number of carbonyl (C=O) groups is 1. The molecular formula is C20H22N4O6S. The zero-order valence-electron chi connectivity index (χ0n) is 17.0. The number of carbonyl (C=O) groups excluding carboxylic acids is 1. The molecule has 4 rings (SSSR count). The van der Waals surface area contributed by atoms with Gasteiger partial charge >= 0.3 is 5.88 Å². The number of thiazole rings is 1. The molecule has 0 aliphatic carbocycles. The van der Waals surface area contributed by atoms with Crippen molar-refractivity contribution in [3.8, 4) is 5.75 Å². The number of benzene rings is 1. The average Bonchev–Trinajstić information content (AvgIpc) is 3.42. The van der Waals surface area contributed by atoms with Gasteiger partial charge in [0.05, 0.1) is 36.1 Å². The van der Waals surface area contributed by atoms with E-state index in [0.717, 1.165) is 29.1 Å². The molecule has 0 N–H and O–H groups in total. The predicted molar refractivity (Wildman–Crippen MR) is 115 cm³/mol. The Morgan fingerprint density at radius 2 is 2.13 bits per heavy atom. The van der Waals surface area contributed by atoms with Gasteiger partial charge in [0.15, 0.2) is 10.9 Å². The molecule has 0 atom stereocenters. The lowest BCUT2D eigenvalue weighted by molar-refractivity contribution is -0.402. The fourth-order valence-electron chi connectivity index (χ4n) is 3.29. The third kappa shape index (κ3) is 4.84. The molecule has 11 heteroatoms. The van der Waals surface area contributed by atoms with E-state index in [-0.39, 0.29) is 5.76 Å². The van der Waals surface area contributed by atoms with Crippen molar-refractivity contribution >= 4 is 38.5 Å². The standard InChI is InChI=1S/C20H22N4O6S/c1-2-29-14-3-4-15-17(13-14)31-20(21-15)23(8-7-22-9-11-28-12-10-22)19(25)16-5-6-18(30-16)24(26)27/h3-6,13H,2,7-12H2,1H3. The lowest BCUT2D eigenvalue weighted by Crippen LogP contribution is -2.43. The molecule has 1 aliphatic heterocycles. The highest BCUT2D eigenvalue weighted by Crippen LogP contribution is 2.32. The van der Waals surface area contributed by atoms with Gasteiger partial charge in [0.1, 0.15) is 10.7 Å². The molecule has 3 heterocycles. The van der Waals surface area contributed by atoms with Crippen molar-refractivity contribution in [1.82, 2.24) is 9.88 Å². The second kappa shape index (κ2) is 9.41. The first-order chi connectivity index (χ1) is 15.0. The molecule has 10 nitrogen and oxygen atoms in total. The van der Waals surface area contributed by atoms with Gasteiger partial charge in [-0.3, -0.25) is 24.7 Å². The van der Waals surface area contributed by atoms with Crippen molar-refractivity contribution in [3.63, 3.8) is 0 Å². The number of rotatable bonds is 8. The van der Waals surface area contributed by atoms with E-state index in [2.05, 4.69) is 9.88 Å². The topological polar surface area (TPSA) is 111 Å². The van der Waals surface area contributed by atoms with Crippen LogP contribution in [0.3, 0.4) is 0 Å². The second-order valence-corrected chi connectivity index (χ2v) is 7.87. The minimum atomic E-state index is -0.665. The Bertz CT molecular complexity index is 1070. The van der Waals surface area contributed by atoms with Crippen molar-refractivity contribution in [3.05, 3.63) is 46.2 Å². The van der Waals surface area contributed by atoms with Crippen molar-refractivity contribution < 1.29 is 23.6 Å². The highest BCUT2D eigenvalue weighted by Gasteiger charge is 2.27. The maximum Gasteiger partial charge on any atom is 0.433 e. The Labute approximate surface area is 182 Å². The van der Waals surface area contributed by atoms with Gasteiger partial charge in [-0.2, -0.15) is 0 Å². The first-order valence-electron chi connectivity index (χ1n) is 9.94. The van der Waals surface area contributed by atoms with Crippen LogP contribution in [0.2, 0.25) is 0 Å². The Morgan fingerprint density at radius 1 is 1.32 bits per heavy atom. The molecule has 2 aromatic heterocycles. The second-order valence-electron chi connectivity index (χ2n) is 6.86. The highest BCUT2D eigenvalue weighted by atomic mass is 32.1. The van der Waals surface area contributed by atoms with Crippen LogP contribution < -0.4 is 9.64 Å². The molecule has 1 amide bonds. The van der Waals surface area contributed by atoms with Gasteiger partial charge in [-0.1, -0.05) is 11.3 Å². The molecule has 1 saturated heterocycles. The van der Waals surface area contributed by atoms with E-state index >= 15 is 0 Å². The maximum atomic E-state index is 13.2. The number of hydrogen-bond donors (Lipinski definition) is 0. The van der Waals surface area contributed by atoms with Crippen LogP contribution in [0.1, 0.15) is 17.5 Å². The van der Waals surface area contributed by atoms with Gasteiger partial charge in [-0.05, 0) is 31.2 Å². The van der Waals surface area contributed by atoms with Crippen LogP contribution in [0.4, 0.5) is 11.0 Å². The van der Waals surface area contributed by atoms with Crippen molar-refractivity contribution in [2.24, 2.45) is 0 Å². The summed E-state index contributed by atoms with van der Waals surface area (Å²) in [5.74, 6) is -0.298. The quantitative estimate of drug-likeness (QED) is 0.383.